The van der Waals surface area contributed by atoms with Gasteiger partial charge in [0.25, 0.3) is 11.8 Å². The highest BCUT2D eigenvalue weighted by Gasteiger charge is 2.27. The Kier molecular flexibility index (Phi) is 5.30. The Bertz CT molecular complexity index is 1460. The molecule has 5 rings (SSSR count). The van der Waals surface area contributed by atoms with Gasteiger partial charge in [0.1, 0.15) is 6.54 Å². The summed E-state index contributed by atoms with van der Waals surface area (Å²) in [6.07, 6.45) is 0. The molecule has 1 aliphatic heterocycles. The van der Waals surface area contributed by atoms with Gasteiger partial charge in [0, 0.05) is 16.6 Å². The summed E-state index contributed by atoms with van der Waals surface area (Å²) in [4.78, 5) is 44.1. The third-order valence-electron chi connectivity index (χ3n) is 5.81. The third kappa shape index (κ3) is 3.99. The summed E-state index contributed by atoms with van der Waals surface area (Å²) < 4.78 is 0. The van der Waals surface area contributed by atoms with E-state index in [-0.39, 0.29) is 24.3 Å². The largest absolute Gasteiger partial charge is 0.323 e. The predicted molar refractivity (Wildman–Crippen MR) is 132 cm³/mol. The Balaban J connectivity index is 1.35. The van der Waals surface area contributed by atoms with E-state index in [1.165, 1.54) is 4.90 Å². The maximum Gasteiger partial charge on any atom is 0.258 e. The molecule has 0 aliphatic carbocycles. The Morgan fingerprint density at radius 1 is 0.971 bits per heavy atom. The van der Waals surface area contributed by atoms with Gasteiger partial charge in [-0.1, -0.05) is 23.8 Å². The van der Waals surface area contributed by atoms with Gasteiger partial charge in [0.2, 0.25) is 5.91 Å². The molecule has 4 aromatic rings. The van der Waals surface area contributed by atoms with Crippen molar-refractivity contribution in [2.75, 3.05) is 22.1 Å². The van der Waals surface area contributed by atoms with E-state index < -0.39 is 0 Å². The first-order valence-electron chi connectivity index (χ1n) is 10.9. The Morgan fingerprint density at radius 3 is 2.53 bits per heavy atom. The quantitative estimate of drug-likeness (QED) is 0.473. The van der Waals surface area contributed by atoms with Crippen molar-refractivity contribution < 1.29 is 14.4 Å². The van der Waals surface area contributed by atoms with E-state index in [0.717, 1.165) is 16.5 Å². The van der Waals surface area contributed by atoms with Crippen LogP contribution in [0.4, 0.5) is 17.1 Å². The van der Waals surface area contributed by atoms with E-state index in [1.807, 2.05) is 44.2 Å². The van der Waals surface area contributed by atoms with Crippen LogP contribution in [0.3, 0.4) is 0 Å². The maximum absolute atomic E-state index is 13.1. The van der Waals surface area contributed by atoms with Crippen LogP contribution in [-0.2, 0) is 4.79 Å². The van der Waals surface area contributed by atoms with Gasteiger partial charge in [0.15, 0.2) is 0 Å². The number of hydrogen-bond acceptors (Lipinski definition) is 4. The molecule has 2 N–H and O–H groups in total. The van der Waals surface area contributed by atoms with E-state index in [9.17, 15) is 14.4 Å². The number of carbonyl (C=O) groups excluding carboxylic acids is 3. The second-order valence-corrected chi connectivity index (χ2v) is 8.31. The zero-order chi connectivity index (χ0) is 23.8. The van der Waals surface area contributed by atoms with Crippen molar-refractivity contribution in [2.45, 2.75) is 13.8 Å². The normalized spacial score (nSPS) is 12.8. The number of aromatic nitrogens is 1. The zero-order valence-corrected chi connectivity index (χ0v) is 18.8. The lowest BCUT2D eigenvalue weighted by Crippen LogP contribution is -2.42. The van der Waals surface area contributed by atoms with Gasteiger partial charge in [-0.05, 0) is 68.4 Å². The minimum Gasteiger partial charge on any atom is -0.323 e. The second-order valence-electron chi connectivity index (χ2n) is 8.31. The van der Waals surface area contributed by atoms with Crippen molar-refractivity contribution in [1.29, 1.82) is 0 Å². The van der Waals surface area contributed by atoms with Crippen molar-refractivity contribution in [3.63, 3.8) is 0 Å². The monoisotopic (exact) mass is 450 g/mol. The molecule has 3 amide bonds. The highest BCUT2D eigenvalue weighted by molar-refractivity contribution is 6.15. The number of carbonyl (C=O) groups is 3. The van der Waals surface area contributed by atoms with Crippen LogP contribution in [0.5, 0.6) is 0 Å². The molecule has 0 radical (unpaired) electrons. The molecule has 168 valence electrons. The van der Waals surface area contributed by atoms with Crippen LogP contribution in [0.1, 0.15) is 32.0 Å². The summed E-state index contributed by atoms with van der Waals surface area (Å²) in [6.45, 7) is 3.75. The number of benzene rings is 3. The number of anilines is 3. The fourth-order valence-electron chi connectivity index (χ4n) is 4.09. The molecule has 34 heavy (non-hydrogen) atoms. The standard InChI is InChI=1S/C27H22N4O3/c1-16-7-12-22-19(13-16)14-21(17(2)28-22)26(33)29-20-10-8-18(9-11-20)27(34)31-15-25(32)30-23-5-3-4-6-24(23)31/h3-14H,15H2,1-2H3,(H,29,33)(H,30,32). The van der Waals surface area contributed by atoms with Gasteiger partial charge < -0.3 is 10.6 Å². The number of nitrogens with zero attached hydrogens (tertiary/aromatic N) is 2. The number of nitrogens with one attached hydrogen (secondary N) is 2. The molecule has 0 saturated heterocycles. The molecule has 0 unspecified atom stereocenters. The molecule has 0 spiro atoms. The second kappa shape index (κ2) is 8.44. The Hall–Kier alpha value is -4.52. The zero-order valence-electron chi connectivity index (χ0n) is 18.8. The van der Waals surface area contributed by atoms with Gasteiger partial charge in [-0.15, -0.1) is 0 Å². The molecule has 0 atom stereocenters. The number of para-hydroxylation sites is 2. The summed E-state index contributed by atoms with van der Waals surface area (Å²) in [7, 11) is 0. The van der Waals surface area contributed by atoms with Crippen LogP contribution in [-0.4, -0.2) is 29.3 Å². The Labute approximate surface area is 196 Å². The SMILES string of the molecule is Cc1ccc2nc(C)c(C(=O)Nc3ccc(C(=O)N4CC(=O)Nc5ccccc54)cc3)cc2c1. The number of pyridine rings is 1. The fourth-order valence-corrected chi connectivity index (χ4v) is 4.09. The minimum absolute atomic E-state index is 0.0535. The number of rotatable bonds is 3. The predicted octanol–water partition coefficient (Wildman–Crippen LogP) is 4.70. The fraction of sp³-hybridized carbons (Fsp3) is 0.111. The van der Waals surface area contributed by atoms with Gasteiger partial charge in [0.05, 0.1) is 28.1 Å². The summed E-state index contributed by atoms with van der Waals surface area (Å²) in [6, 6.07) is 21.6. The number of aryl methyl sites for hydroxylation is 2. The molecule has 0 bridgehead atoms. The van der Waals surface area contributed by atoms with Crippen LogP contribution in [0, 0.1) is 13.8 Å². The van der Waals surface area contributed by atoms with E-state index in [2.05, 4.69) is 15.6 Å². The first-order chi connectivity index (χ1) is 16.4. The van der Waals surface area contributed by atoms with E-state index in [1.54, 1.807) is 42.5 Å². The molecule has 0 fully saturated rings. The maximum atomic E-state index is 13.1. The van der Waals surface area contributed by atoms with Crippen LogP contribution >= 0.6 is 0 Å². The van der Waals surface area contributed by atoms with Gasteiger partial charge in [-0.2, -0.15) is 0 Å². The summed E-state index contributed by atoms with van der Waals surface area (Å²) in [5.74, 6) is -0.801. The van der Waals surface area contributed by atoms with Crippen molar-refractivity contribution in [3.05, 3.63) is 95.2 Å². The topological polar surface area (TPSA) is 91.4 Å². The Morgan fingerprint density at radius 2 is 1.74 bits per heavy atom. The summed E-state index contributed by atoms with van der Waals surface area (Å²) >= 11 is 0. The van der Waals surface area contributed by atoms with Gasteiger partial charge in [-0.25, -0.2) is 0 Å². The van der Waals surface area contributed by atoms with Crippen LogP contribution in [0.2, 0.25) is 0 Å². The van der Waals surface area contributed by atoms with E-state index in [4.69, 9.17) is 0 Å². The smallest absolute Gasteiger partial charge is 0.258 e. The van der Waals surface area contributed by atoms with Crippen LogP contribution in [0.15, 0.2) is 72.8 Å². The summed E-state index contributed by atoms with van der Waals surface area (Å²) in [5.41, 5.74) is 5.30. The van der Waals surface area contributed by atoms with Crippen LogP contribution < -0.4 is 15.5 Å². The molecule has 0 saturated carbocycles. The van der Waals surface area contributed by atoms with Crippen molar-refractivity contribution in [2.24, 2.45) is 0 Å². The van der Waals surface area contributed by atoms with E-state index >= 15 is 0 Å². The molecule has 2 heterocycles. The van der Waals surface area contributed by atoms with E-state index in [0.29, 0.717) is 33.9 Å². The van der Waals surface area contributed by atoms with Crippen molar-refractivity contribution in [1.82, 2.24) is 4.98 Å². The molecular formula is C27H22N4O3. The number of amides is 3. The lowest BCUT2D eigenvalue weighted by atomic mass is 10.1. The number of hydrogen-bond donors (Lipinski definition) is 2. The number of fused-ring (bicyclic) bond motifs is 2. The van der Waals surface area contributed by atoms with Crippen molar-refractivity contribution in [3.8, 4) is 0 Å². The third-order valence-corrected chi connectivity index (χ3v) is 5.81. The molecular weight excluding hydrogens is 428 g/mol. The lowest BCUT2D eigenvalue weighted by molar-refractivity contribution is -0.115. The first-order valence-corrected chi connectivity index (χ1v) is 10.9. The molecule has 7 nitrogen and oxygen atoms in total. The van der Waals surface area contributed by atoms with Gasteiger partial charge in [-0.3, -0.25) is 24.3 Å². The molecule has 1 aromatic heterocycles. The molecule has 7 heteroatoms. The average Bonchev–Trinajstić information content (AvgIpc) is 2.83. The van der Waals surface area contributed by atoms with Crippen LogP contribution in [0.25, 0.3) is 10.9 Å². The van der Waals surface area contributed by atoms with Crippen molar-refractivity contribution >= 4 is 45.7 Å². The molecule has 1 aliphatic rings. The summed E-state index contributed by atoms with van der Waals surface area (Å²) in [5, 5.41) is 6.56. The molecule has 3 aromatic carbocycles. The lowest BCUT2D eigenvalue weighted by Gasteiger charge is -2.29. The highest BCUT2D eigenvalue weighted by Crippen LogP contribution is 2.30. The average molecular weight is 450 g/mol. The highest BCUT2D eigenvalue weighted by atomic mass is 16.2. The first kappa shape index (κ1) is 21.3. The minimum atomic E-state index is -0.287. The van der Waals surface area contributed by atoms with Gasteiger partial charge >= 0.3 is 0 Å².